The molecule has 0 N–H and O–H groups in total. The summed E-state index contributed by atoms with van der Waals surface area (Å²) in [5.74, 6) is 0.0224. The number of likely N-dealkylation sites (tertiary alicyclic amines) is 1. The SMILES string of the molecule is CCOC(=O)C1CCN(CCOc2cccc(C(F)(F)F)c2)CC1. The van der Waals surface area contributed by atoms with Crippen molar-refractivity contribution in [1.29, 1.82) is 0 Å². The van der Waals surface area contributed by atoms with Crippen LogP contribution in [-0.4, -0.2) is 43.7 Å². The second-order valence-corrected chi connectivity index (χ2v) is 5.74. The Labute approximate surface area is 139 Å². The number of benzene rings is 1. The molecule has 2 rings (SSSR count). The van der Waals surface area contributed by atoms with E-state index in [2.05, 4.69) is 4.90 Å². The third kappa shape index (κ3) is 5.40. The minimum Gasteiger partial charge on any atom is -0.492 e. The van der Waals surface area contributed by atoms with Crippen LogP contribution in [0.3, 0.4) is 0 Å². The van der Waals surface area contributed by atoms with E-state index in [0.717, 1.165) is 38.1 Å². The topological polar surface area (TPSA) is 38.8 Å². The number of carbonyl (C=O) groups is 1. The van der Waals surface area contributed by atoms with E-state index in [0.29, 0.717) is 19.8 Å². The van der Waals surface area contributed by atoms with Gasteiger partial charge in [-0.2, -0.15) is 13.2 Å². The highest BCUT2D eigenvalue weighted by Gasteiger charge is 2.30. The summed E-state index contributed by atoms with van der Waals surface area (Å²) in [6, 6.07) is 4.88. The number of alkyl halides is 3. The molecule has 1 heterocycles. The molecule has 1 fully saturated rings. The lowest BCUT2D eigenvalue weighted by molar-refractivity contribution is -0.149. The largest absolute Gasteiger partial charge is 0.492 e. The van der Waals surface area contributed by atoms with Crippen LogP contribution in [0, 0.1) is 5.92 Å². The summed E-state index contributed by atoms with van der Waals surface area (Å²) in [5, 5.41) is 0. The highest BCUT2D eigenvalue weighted by Crippen LogP contribution is 2.31. The van der Waals surface area contributed by atoms with Crippen molar-refractivity contribution in [3.05, 3.63) is 29.8 Å². The molecule has 7 heteroatoms. The molecule has 134 valence electrons. The van der Waals surface area contributed by atoms with Crippen LogP contribution in [0.1, 0.15) is 25.3 Å². The first-order valence-corrected chi connectivity index (χ1v) is 8.09. The molecular weight excluding hydrogens is 323 g/mol. The Bertz CT molecular complexity index is 540. The first-order chi connectivity index (χ1) is 11.4. The number of halogens is 3. The molecule has 0 amide bonds. The number of hydrogen-bond donors (Lipinski definition) is 0. The minimum atomic E-state index is -4.37. The lowest BCUT2D eigenvalue weighted by Gasteiger charge is -2.30. The maximum atomic E-state index is 12.6. The number of piperidine rings is 1. The van der Waals surface area contributed by atoms with Crippen molar-refractivity contribution in [1.82, 2.24) is 4.90 Å². The van der Waals surface area contributed by atoms with Gasteiger partial charge in [-0.1, -0.05) is 6.07 Å². The number of rotatable bonds is 6. The number of carbonyl (C=O) groups excluding carboxylic acids is 1. The molecule has 0 spiro atoms. The van der Waals surface area contributed by atoms with Crippen molar-refractivity contribution in [3.8, 4) is 5.75 Å². The Hall–Kier alpha value is -1.76. The van der Waals surface area contributed by atoms with Gasteiger partial charge >= 0.3 is 12.1 Å². The van der Waals surface area contributed by atoms with Crippen LogP contribution in [0.15, 0.2) is 24.3 Å². The molecule has 0 radical (unpaired) electrons. The van der Waals surface area contributed by atoms with E-state index in [9.17, 15) is 18.0 Å². The molecule has 1 aliphatic rings. The van der Waals surface area contributed by atoms with E-state index in [4.69, 9.17) is 9.47 Å². The van der Waals surface area contributed by atoms with E-state index in [-0.39, 0.29) is 17.6 Å². The Morgan fingerprint density at radius 2 is 2.00 bits per heavy atom. The van der Waals surface area contributed by atoms with Gasteiger partial charge in [0.25, 0.3) is 0 Å². The smallest absolute Gasteiger partial charge is 0.416 e. The molecule has 1 aromatic carbocycles. The summed E-state index contributed by atoms with van der Waals surface area (Å²) < 4.78 is 48.4. The summed E-state index contributed by atoms with van der Waals surface area (Å²) in [5.41, 5.74) is -0.713. The molecule has 1 aliphatic heterocycles. The summed E-state index contributed by atoms with van der Waals surface area (Å²) in [4.78, 5) is 13.8. The molecule has 0 unspecified atom stereocenters. The Balaban J connectivity index is 1.73. The van der Waals surface area contributed by atoms with Crippen molar-refractivity contribution >= 4 is 5.97 Å². The van der Waals surface area contributed by atoms with E-state index >= 15 is 0 Å². The maximum absolute atomic E-state index is 12.6. The fourth-order valence-electron chi connectivity index (χ4n) is 2.71. The van der Waals surface area contributed by atoms with E-state index < -0.39 is 11.7 Å². The number of ether oxygens (including phenoxy) is 2. The minimum absolute atomic E-state index is 0.0504. The molecule has 1 saturated heterocycles. The summed E-state index contributed by atoms with van der Waals surface area (Å²) in [6.07, 6.45) is -2.89. The third-order valence-electron chi connectivity index (χ3n) is 4.05. The summed E-state index contributed by atoms with van der Waals surface area (Å²) >= 11 is 0. The van der Waals surface area contributed by atoms with Crippen LogP contribution >= 0.6 is 0 Å². The molecule has 1 aromatic rings. The van der Waals surface area contributed by atoms with Gasteiger partial charge < -0.3 is 9.47 Å². The number of nitrogens with zero attached hydrogens (tertiary/aromatic N) is 1. The van der Waals surface area contributed by atoms with Crippen molar-refractivity contribution in [2.75, 3.05) is 32.8 Å². The fraction of sp³-hybridized carbons (Fsp3) is 0.588. The van der Waals surface area contributed by atoms with Crippen molar-refractivity contribution in [2.24, 2.45) is 5.92 Å². The van der Waals surface area contributed by atoms with Crippen molar-refractivity contribution < 1.29 is 27.4 Å². The van der Waals surface area contributed by atoms with Gasteiger partial charge in [-0.05, 0) is 51.1 Å². The lowest BCUT2D eigenvalue weighted by Crippen LogP contribution is -2.39. The zero-order valence-corrected chi connectivity index (χ0v) is 13.6. The van der Waals surface area contributed by atoms with E-state index in [1.165, 1.54) is 12.1 Å². The first kappa shape index (κ1) is 18.6. The van der Waals surface area contributed by atoms with Crippen molar-refractivity contribution in [3.63, 3.8) is 0 Å². The summed E-state index contributed by atoms with van der Waals surface area (Å²) in [7, 11) is 0. The molecular formula is C17H22F3NO3. The first-order valence-electron chi connectivity index (χ1n) is 8.09. The van der Waals surface area contributed by atoms with Gasteiger partial charge in [0, 0.05) is 6.54 Å². The average Bonchev–Trinajstić information content (AvgIpc) is 2.55. The van der Waals surface area contributed by atoms with Crippen LogP contribution in [0.2, 0.25) is 0 Å². The molecule has 0 aliphatic carbocycles. The molecule has 4 nitrogen and oxygen atoms in total. The van der Waals surface area contributed by atoms with Gasteiger partial charge in [0.15, 0.2) is 0 Å². The molecule has 0 aromatic heterocycles. The standard InChI is InChI=1S/C17H22F3NO3/c1-2-23-16(22)13-6-8-21(9-7-13)10-11-24-15-5-3-4-14(12-15)17(18,19)20/h3-5,12-13H,2,6-11H2,1H3. The normalized spacial score (nSPS) is 16.8. The summed E-state index contributed by atoms with van der Waals surface area (Å²) in [6.45, 7) is 4.63. The number of hydrogen-bond acceptors (Lipinski definition) is 4. The van der Waals surface area contributed by atoms with Gasteiger partial charge in [0.2, 0.25) is 0 Å². The van der Waals surface area contributed by atoms with Crippen molar-refractivity contribution in [2.45, 2.75) is 25.9 Å². The van der Waals surface area contributed by atoms with Gasteiger partial charge in [0.05, 0.1) is 18.1 Å². The van der Waals surface area contributed by atoms with Gasteiger partial charge in [-0.3, -0.25) is 9.69 Å². The van der Waals surface area contributed by atoms with Gasteiger partial charge in [0.1, 0.15) is 12.4 Å². The van der Waals surface area contributed by atoms with Crippen LogP contribution in [0.25, 0.3) is 0 Å². The second-order valence-electron chi connectivity index (χ2n) is 5.74. The predicted octanol–water partition coefficient (Wildman–Crippen LogP) is 3.36. The Morgan fingerprint density at radius 3 is 2.62 bits per heavy atom. The van der Waals surface area contributed by atoms with E-state index in [1.807, 2.05) is 0 Å². The lowest BCUT2D eigenvalue weighted by atomic mass is 9.97. The van der Waals surface area contributed by atoms with Crippen LogP contribution in [0.5, 0.6) is 5.75 Å². The average molecular weight is 345 g/mol. The molecule has 0 atom stereocenters. The number of esters is 1. The van der Waals surface area contributed by atoms with Crippen LogP contribution < -0.4 is 4.74 Å². The molecule has 0 saturated carbocycles. The predicted molar refractivity (Wildman–Crippen MR) is 82.7 cm³/mol. The molecule has 24 heavy (non-hydrogen) atoms. The zero-order valence-electron chi connectivity index (χ0n) is 13.6. The van der Waals surface area contributed by atoms with E-state index in [1.54, 1.807) is 6.92 Å². The Morgan fingerprint density at radius 1 is 1.29 bits per heavy atom. The molecule has 0 bridgehead atoms. The zero-order chi connectivity index (χ0) is 17.6. The van der Waals surface area contributed by atoms with Gasteiger partial charge in [-0.15, -0.1) is 0 Å². The second kappa shape index (κ2) is 8.37. The third-order valence-corrected chi connectivity index (χ3v) is 4.05. The highest BCUT2D eigenvalue weighted by atomic mass is 19.4. The van der Waals surface area contributed by atoms with Gasteiger partial charge in [-0.25, -0.2) is 0 Å². The highest BCUT2D eigenvalue weighted by molar-refractivity contribution is 5.72. The maximum Gasteiger partial charge on any atom is 0.416 e. The Kier molecular flexibility index (Phi) is 6.48. The quantitative estimate of drug-likeness (QED) is 0.741. The van der Waals surface area contributed by atoms with Crippen LogP contribution in [-0.2, 0) is 15.7 Å². The monoisotopic (exact) mass is 345 g/mol. The van der Waals surface area contributed by atoms with Crippen LogP contribution in [0.4, 0.5) is 13.2 Å². The fourth-order valence-corrected chi connectivity index (χ4v) is 2.71.